The first-order valence-corrected chi connectivity index (χ1v) is 11.6. The minimum Gasteiger partial charge on any atom is -0.486 e. The van der Waals surface area contributed by atoms with Crippen LogP contribution in [0.15, 0.2) is 42.5 Å². The smallest absolute Gasteiger partial charge is 0.253 e. The molecular weight excluding hydrogens is 421 g/mol. The van der Waals surface area contributed by atoms with Crippen LogP contribution in [0.25, 0.3) is 0 Å². The van der Waals surface area contributed by atoms with Crippen LogP contribution < -0.4 is 4.74 Å². The topological polar surface area (TPSA) is 53.1 Å². The number of halogens is 1. The predicted molar refractivity (Wildman–Crippen MR) is 127 cm³/mol. The number of benzene rings is 2. The number of hydrogen-bond donors (Lipinski definition) is 0. The number of ether oxygens (including phenoxy) is 1. The van der Waals surface area contributed by atoms with Gasteiger partial charge in [0.25, 0.3) is 11.8 Å². The molecule has 2 amide bonds. The highest BCUT2D eigenvalue weighted by Crippen LogP contribution is 2.22. The molecule has 0 aliphatic carbocycles. The molecular formula is C26H34FN3O3. The van der Waals surface area contributed by atoms with Gasteiger partial charge in [-0.25, -0.2) is 4.39 Å². The van der Waals surface area contributed by atoms with Gasteiger partial charge >= 0.3 is 0 Å². The Hall–Kier alpha value is -2.93. The van der Waals surface area contributed by atoms with Crippen molar-refractivity contribution in [3.05, 3.63) is 65.0 Å². The van der Waals surface area contributed by atoms with Crippen molar-refractivity contribution >= 4 is 11.8 Å². The molecule has 4 rings (SSSR count). The van der Waals surface area contributed by atoms with Crippen LogP contribution in [0.3, 0.4) is 0 Å². The summed E-state index contributed by atoms with van der Waals surface area (Å²) in [6.45, 7) is 4.27. The Morgan fingerprint density at radius 2 is 1.48 bits per heavy atom. The summed E-state index contributed by atoms with van der Waals surface area (Å²) in [5.74, 6) is -0.674. The van der Waals surface area contributed by atoms with Gasteiger partial charge in [0.05, 0.1) is 0 Å². The molecule has 2 saturated heterocycles. The zero-order valence-corrected chi connectivity index (χ0v) is 19.8. The van der Waals surface area contributed by atoms with E-state index >= 15 is 0 Å². The summed E-state index contributed by atoms with van der Waals surface area (Å²) in [5, 5.41) is 0. The SMILES string of the molecule is CN(C)C(=O)c1ccc(COc2ccc(C(=O)N3CCCC3)cc2F)cc1.CN1CCCC1. The summed E-state index contributed by atoms with van der Waals surface area (Å²) in [6.07, 6.45) is 4.82. The van der Waals surface area contributed by atoms with Crippen molar-refractivity contribution in [3.63, 3.8) is 0 Å². The number of amides is 2. The Balaban J connectivity index is 0.000000442. The molecule has 2 heterocycles. The molecule has 2 aromatic rings. The first-order chi connectivity index (χ1) is 15.8. The fraction of sp³-hybridized carbons (Fsp3) is 0.462. The zero-order chi connectivity index (χ0) is 23.8. The Morgan fingerprint density at radius 3 is 2.00 bits per heavy atom. The molecule has 7 heteroatoms. The molecule has 2 aromatic carbocycles. The van der Waals surface area contributed by atoms with Crippen LogP contribution in [0.2, 0.25) is 0 Å². The van der Waals surface area contributed by atoms with Crippen molar-refractivity contribution in [1.29, 1.82) is 0 Å². The zero-order valence-electron chi connectivity index (χ0n) is 19.8. The van der Waals surface area contributed by atoms with Gasteiger partial charge < -0.3 is 19.4 Å². The summed E-state index contributed by atoms with van der Waals surface area (Å²) in [4.78, 5) is 29.8. The van der Waals surface area contributed by atoms with Crippen molar-refractivity contribution in [1.82, 2.24) is 14.7 Å². The number of carbonyl (C=O) groups is 2. The van der Waals surface area contributed by atoms with Gasteiger partial charge in [-0.1, -0.05) is 12.1 Å². The summed E-state index contributed by atoms with van der Waals surface area (Å²) in [7, 11) is 5.56. The minimum absolute atomic E-state index is 0.0771. The van der Waals surface area contributed by atoms with Gasteiger partial charge in [0.1, 0.15) is 6.61 Å². The second kappa shape index (κ2) is 11.8. The Labute approximate surface area is 195 Å². The molecule has 0 atom stereocenters. The first-order valence-electron chi connectivity index (χ1n) is 11.6. The largest absolute Gasteiger partial charge is 0.486 e. The summed E-state index contributed by atoms with van der Waals surface area (Å²) in [5.41, 5.74) is 1.75. The van der Waals surface area contributed by atoms with E-state index in [1.54, 1.807) is 49.3 Å². The predicted octanol–water partition coefficient (Wildman–Crippen LogP) is 4.05. The van der Waals surface area contributed by atoms with Crippen LogP contribution in [0.4, 0.5) is 4.39 Å². The molecule has 0 radical (unpaired) electrons. The third-order valence-electron chi connectivity index (χ3n) is 5.90. The highest BCUT2D eigenvalue weighted by Gasteiger charge is 2.20. The van der Waals surface area contributed by atoms with E-state index in [2.05, 4.69) is 11.9 Å². The molecule has 0 aromatic heterocycles. The van der Waals surface area contributed by atoms with Crippen LogP contribution in [-0.2, 0) is 6.61 Å². The lowest BCUT2D eigenvalue weighted by atomic mass is 10.1. The van der Waals surface area contributed by atoms with Crippen molar-refractivity contribution < 1.29 is 18.7 Å². The van der Waals surface area contributed by atoms with Gasteiger partial charge in [0, 0.05) is 38.3 Å². The third kappa shape index (κ3) is 7.02. The van der Waals surface area contributed by atoms with Gasteiger partial charge in [-0.3, -0.25) is 9.59 Å². The summed E-state index contributed by atoms with van der Waals surface area (Å²) >= 11 is 0. The lowest BCUT2D eigenvalue weighted by Gasteiger charge is -2.16. The highest BCUT2D eigenvalue weighted by molar-refractivity contribution is 5.94. The van der Waals surface area contributed by atoms with Crippen molar-refractivity contribution in [2.24, 2.45) is 0 Å². The van der Waals surface area contributed by atoms with Crippen LogP contribution in [-0.4, -0.2) is 73.8 Å². The first kappa shape index (κ1) is 24.7. The number of nitrogens with zero attached hydrogens (tertiary/aromatic N) is 3. The van der Waals surface area contributed by atoms with E-state index in [1.807, 2.05) is 0 Å². The van der Waals surface area contributed by atoms with E-state index in [0.29, 0.717) is 11.1 Å². The number of hydrogen-bond acceptors (Lipinski definition) is 4. The minimum atomic E-state index is -0.556. The molecule has 2 aliphatic rings. The van der Waals surface area contributed by atoms with Crippen molar-refractivity contribution in [2.45, 2.75) is 32.3 Å². The second-order valence-electron chi connectivity index (χ2n) is 8.84. The average Bonchev–Trinajstić information content (AvgIpc) is 3.52. The highest BCUT2D eigenvalue weighted by atomic mass is 19.1. The maximum atomic E-state index is 14.3. The van der Waals surface area contributed by atoms with Gasteiger partial charge in [-0.2, -0.15) is 0 Å². The molecule has 0 spiro atoms. The van der Waals surface area contributed by atoms with E-state index < -0.39 is 5.82 Å². The normalized spacial score (nSPS) is 15.7. The molecule has 2 fully saturated rings. The quantitative estimate of drug-likeness (QED) is 0.683. The summed E-state index contributed by atoms with van der Waals surface area (Å²) < 4.78 is 19.8. The lowest BCUT2D eigenvalue weighted by molar-refractivity contribution is 0.0790. The van der Waals surface area contributed by atoms with Crippen LogP contribution in [0, 0.1) is 5.82 Å². The van der Waals surface area contributed by atoms with Gasteiger partial charge in [0.2, 0.25) is 0 Å². The Bertz CT molecular complexity index is 934. The van der Waals surface area contributed by atoms with Crippen LogP contribution in [0.1, 0.15) is 52.0 Å². The van der Waals surface area contributed by atoms with Crippen LogP contribution in [0.5, 0.6) is 5.75 Å². The number of rotatable bonds is 5. The molecule has 6 nitrogen and oxygen atoms in total. The van der Waals surface area contributed by atoms with Gasteiger partial charge in [-0.05, 0) is 81.7 Å². The fourth-order valence-electron chi connectivity index (χ4n) is 3.89. The Morgan fingerprint density at radius 1 is 0.909 bits per heavy atom. The van der Waals surface area contributed by atoms with E-state index in [-0.39, 0.29) is 24.2 Å². The fourth-order valence-corrected chi connectivity index (χ4v) is 3.89. The van der Waals surface area contributed by atoms with Gasteiger partial charge in [0.15, 0.2) is 11.6 Å². The third-order valence-corrected chi connectivity index (χ3v) is 5.90. The average molecular weight is 456 g/mol. The molecule has 2 aliphatic heterocycles. The maximum absolute atomic E-state index is 14.3. The standard InChI is InChI=1S/C21H23FN2O3.C5H11N/c1-23(2)20(25)16-7-5-15(6-8-16)14-27-19-10-9-17(13-18(19)22)21(26)24-11-3-4-12-24;1-6-4-2-3-5-6/h5-10,13H,3-4,11-12,14H2,1-2H3;2-5H2,1H3. The number of likely N-dealkylation sites (tertiary alicyclic amines) is 2. The van der Waals surface area contributed by atoms with E-state index in [4.69, 9.17) is 4.74 Å². The van der Waals surface area contributed by atoms with Crippen molar-refractivity contribution in [2.75, 3.05) is 47.3 Å². The van der Waals surface area contributed by atoms with E-state index in [0.717, 1.165) is 31.5 Å². The molecule has 178 valence electrons. The number of carbonyl (C=O) groups excluding carboxylic acids is 2. The van der Waals surface area contributed by atoms with E-state index in [9.17, 15) is 14.0 Å². The molecule has 0 bridgehead atoms. The summed E-state index contributed by atoms with van der Waals surface area (Å²) in [6, 6.07) is 11.3. The molecule has 0 saturated carbocycles. The molecule has 0 N–H and O–H groups in total. The van der Waals surface area contributed by atoms with Crippen molar-refractivity contribution in [3.8, 4) is 5.75 Å². The maximum Gasteiger partial charge on any atom is 0.253 e. The second-order valence-corrected chi connectivity index (χ2v) is 8.84. The molecule has 33 heavy (non-hydrogen) atoms. The Kier molecular flexibility index (Phi) is 8.83. The lowest BCUT2D eigenvalue weighted by Crippen LogP contribution is -2.27. The van der Waals surface area contributed by atoms with Crippen LogP contribution >= 0.6 is 0 Å². The van der Waals surface area contributed by atoms with E-state index in [1.165, 1.54) is 43.0 Å². The molecule has 0 unspecified atom stereocenters. The monoisotopic (exact) mass is 455 g/mol. The van der Waals surface area contributed by atoms with Gasteiger partial charge in [-0.15, -0.1) is 0 Å².